The molecule has 0 aromatic heterocycles. The highest BCUT2D eigenvalue weighted by Gasteiger charge is 2.18. The smallest absolute Gasteiger partial charge is 0.122 e. The number of para-hydroxylation sites is 1. The topological polar surface area (TPSA) is 18.5 Å². The molecule has 0 heterocycles. The summed E-state index contributed by atoms with van der Waals surface area (Å²) in [6.45, 7) is 3.02. The van der Waals surface area contributed by atoms with Crippen molar-refractivity contribution in [2.24, 2.45) is 11.8 Å². The Hall–Kier alpha value is -0.540. The Labute approximate surface area is 112 Å². The minimum atomic E-state index is 0.532. The van der Waals surface area contributed by atoms with E-state index in [0.29, 0.717) is 11.8 Å². The molecule has 0 saturated heterocycles. The third-order valence-corrected chi connectivity index (χ3v) is 3.94. The van der Waals surface area contributed by atoms with Crippen molar-refractivity contribution >= 4 is 15.9 Å². The Morgan fingerprint density at radius 1 is 1.24 bits per heavy atom. The Bertz CT molecular complexity index is 328. The SMILES string of the molecule is COCC(C)C(CBr)Cc1ccccc1OC. The first kappa shape index (κ1) is 14.5. The molecule has 0 N–H and O–H groups in total. The van der Waals surface area contributed by atoms with E-state index in [-0.39, 0.29) is 0 Å². The minimum absolute atomic E-state index is 0.532. The van der Waals surface area contributed by atoms with Gasteiger partial charge >= 0.3 is 0 Å². The van der Waals surface area contributed by atoms with Gasteiger partial charge in [0.2, 0.25) is 0 Å². The van der Waals surface area contributed by atoms with Gasteiger partial charge in [-0.3, -0.25) is 0 Å². The summed E-state index contributed by atoms with van der Waals surface area (Å²) >= 11 is 3.59. The Morgan fingerprint density at radius 2 is 1.94 bits per heavy atom. The zero-order valence-electron chi connectivity index (χ0n) is 10.8. The van der Waals surface area contributed by atoms with Gasteiger partial charge in [0.15, 0.2) is 0 Å². The number of benzene rings is 1. The second-order valence-corrected chi connectivity index (χ2v) is 5.01. The highest BCUT2D eigenvalue weighted by molar-refractivity contribution is 9.09. The lowest BCUT2D eigenvalue weighted by Crippen LogP contribution is -2.20. The molecule has 0 bridgehead atoms. The third kappa shape index (κ3) is 4.32. The number of rotatable bonds is 7. The Balaban J connectivity index is 2.73. The molecular formula is C14H21BrO2. The summed E-state index contributed by atoms with van der Waals surface area (Å²) in [6.07, 6.45) is 1.01. The quantitative estimate of drug-likeness (QED) is 0.717. The molecule has 2 unspecified atom stereocenters. The number of ether oxygens (including phenoxy) is 2. The zero-order valence-corrected chi connectivity index (χ0v) is 12.4. The van der Waals surface area contributed by atoms with Gasteiger partial charge in [0.25, 0.3) is 0 Å². The van der Waals surface area contributed by atoms with Crippen LogP contribution in [0.4, 0.5) is 0 Å². The van der Waals surface area contributed by atoms with Crippen LogP contribution in [0.3, 0.4) is 0 Å². The van der Waals surface area contributed by atoms with E-state index in [2.05, 4.69) is 35.0 Å². The van der Waals surface area contributed by atoms with Gasteiger partial charge in [0, 0.05) is 19.0 Å². The molecule has 1 rings (SSSR count). The zero-order chi connectivity index (χ0) is 12.7. The van der Waals surface area contributed by atoms with Crippen LogP contribution in [0.1, 0.15) is 12.5 Å². The summed E-state index contributed by atoms with van der Waals surface area (Å²) in [5.74, 6) is 2.07. The standard InChI is InChI=1S/C14H21BrO2/c1-11(10-16-2)13(9-15)8-12-6-4-5-7-14(12)17-3/h4-7,11,13H,8-10H2,1-3H3. The summed E-state index contributed by atoms with van der Waals surface area (Å²) in [4.78, 5) is 0. The molecule has 0 amide bonds. The largest absolute Gasteiger partial charge is 0.496 e. The van der Waals surface area contributed by atoms with Gasteiger partial charge in [-0.25, -0.2) is 0 Å². The van der Waals surface area contributed by atoms with Gasteiger partial charge < -0.3 is 9.47 Å². The molecule has 0 aliphatic carbocycles. The van der Waals surface area contributed by atoms with Gasteiger partial charge in [-0.1, -0.05) is 41.1 Å². The number of halogens is 1. The molecule has 17 heavy (non-hydrogen) atoms. The predicted octanol–water partition coefficient (Wildman–Crippen LogP) is 3.53. The lowest BCUT2D eigenvalue weighted by Gasteiger charge is -2.22. The minimum Gasteiger partial charge on any atom is -0.496 e. The van der Waals surface area contributed by atoms with Crippen molar-refractivity contribution in [3.05, 3.63) is 29.8 Å². The first-order valence-electron chi connectivity index (χ1n) is 5.89. The van der Waals surface area contributed by atoms with Crippen molar-refractivity contribution in [2.45, 2.75) is 13.3 Å². The van der Waals surface area contributed by atoms with Gasteiger partial charge in [-0.05, 0) is 29.9 Å². The third-order valence-electron chi connectivity index (χ3n) is 3.11. The van der Waals surface area contributed by atoms with Crippen LogP contribution in [-0.2, 0) is 11.2 Å². The lowest BCUT2D eigenvalue weighted by atomic mass is 9.90. The normalized spacial score (nSPS) is 14.4. The average molecular weight is 301 g/mol. The molecule has 1 aromatic rings. The second-order valence-electron chi connectivity index (χ2n) is 4.36. The summed E-state index contributed by atoms with van der Waals surface area (Å²) in [6, 6.07) is 8.21. The fraction of sp³-hybridized carbons (Fsp3) is 0.571. The fourth-order valence-electron chi connectivity index (χ4n) is 1.96. The van der Waals surface area contributed by atoms with Crippen LogP contribution < -0.4 is 4.74 Å². The fourth-order valence-corrected chi connectivity index (χ4v) is 2.83. The van der Waals surface area contributed by atoms with E-state index in [1.165, 1.54) is 5.56 Å². The molecule has 0 saturated carbocycles. The molecule has 0 aliphatic rings. The molecule has 1 aromatic carbocycles. The maximum Gasteiger partial charge on any atom is 0.122 e. The van der Waals surface area contributed by atoms with E-state index in [1.807, 2.05) is 12.1 Å². The maximum absolute atomic E-state index is 5.38. The molecule has 3 heteroatoms. The van der Waals surface area contributed by atoms with Gasteiger partial charge in [0.05, 0.1) is 7.11 Å². The van der Waals surface area contributed by atoms with Crippen molar-refractivity contribution in [3.63, 3.8) is 0 Å². The van der Waals surface area contributed by atoms with Gasteiger partial charge in [-0.15, -0.1) is 0 Å². The number of hydrogen-bond acceptors (Lipinski definition) is 2. The van der Waals surface area contributed by atoms with Gasteiger partial charge in [0.1, 0.15) is 5.75 Å². The molecule has 2 atom stereocenters. The van der Waals surface area contributed by atoms with E-state index in [4.69, 9.17) is 9.47 Å². The summed E-state index contributed by atoms with van der Waals surface area (Å²) < 4.78 is 10.6. The van der Waals surface area contributed by atoms with Crippen molar-refractivity contribution in [3.8, 4) is 5.75 Å². The summed E-state index contributed by atoms with van der Waals surface area (Å²) in [7, 11) is 3.48. The molecule has 0 fully saturated rings. The molecular weight excluding hydrogens is 280 g/mol. The Morgan fingerprint density at radius 3 is 2.53 bits per heavy atom. The average Bonchev–Trinajstić information content (AvgIpc) is 2.36. The van der Waals surface area contributed by atoms with E-state index in [9.17, 15) is 0 Å². The van der Waals surface area contributed by atoms with Crippen LogP contribution in [0.15, 0.2) is 24.3 Å². The van der Waals surface area contributed by atoms with E-state index < -0.39 is 0 Å². The van der Waals surface area contributed by atoms with E-state index in [0.717, 1.165) is 24.1 Å². The van der Waals surface area contributed by atoms with Crippen LogP contribution in [0.2, 0.25) is 0 Å². The molecule has 96 valence electrons. The van der Waals surface area contributed by atoms with Crippen molar-refractivity contribution in [1.82, 2.24) is 0 Å². The highest BCUT2D eigenvalue weighted by atomic mass is 79.9. The molecule has 0 spiro atoms. The maximum atomic E-state index is 5.38. The van der Waals surface area contributed by atoms with E-state index >= 15 is 0 Å². The van der Waals surface area contributed by atoms with Crippen LogP contribution >= 0.6 is 15.9 Å². The summed E-state index contributed by atoms with van der Waals surface area (Å²) in [5.41, 5.74) is 1.27. The lowest BCUT2D eigenvalue weighted by molar-refractivity contribution is 0.135. The van der Waals surface area contributed by atoms with Crippen LogP contribution in [0, 0.1) is 11.8 Å². The first-order chi connectivity index (χ1) is 8.22. The summed E-state index contributed by atoms with van der Waals surface area (Å²) in [5, 5.41) is 0.982. The van der Waals surface area contributed by atoms with Crippen molar-refractivity contribution in [2.75, 3.05) is 26.2 Å². The number of alkyl halides is 1. The van der Waals surface area contributed by atoms with Crippen molar-refractivity contribution < 1.29 is 9.47 Å². The molecule has 0 radical (unpaired) electrons. The van der Waals surface area contributed by atoms with Gasteiger partial charge in [-0.2, -0.15) is 0 Å². The molecule has 0 aliphatic heterocycles. The monoisotopic (exact) mass is 300 g/mol. The Kier molecular flexibility index (Phi) is 6.60. The van der Waals surface area contributed by atoms with Crippen LogP contribution in [0.25, 0.3) is 0 Å². The predicted molar refractivity (Wildman–Crippen MR) is 75.0 cm³/mol. The molecule has 2 nitrogen and oxygen atoms in total. The van der Waals surface area contributed by atoms with Crippen molar-refractivity contribution in [1.29, 1.82) is 0 Å². The van der Waals surface area contributed by atoms with E-state index in [1.54, 1.807) is 14.2 Å². The highest BCUT2D eigenvalue weighted by Crippen LogP contribution is 2.25. The number of methoxy groups -OCH3 is 2. The second kappa shape index (κ2) is 7.72. The first-order valence-corrected chi connectivity index (χ1v) is 7.01. The van der Waals surface area contributed by atoms with Crippen LogP contribution in [0.5, 0.6) is 5.75 Å². The number of hydrogen-bond donors (Lipinski definition) is 0. The van der Waals surface area contributed by atoms with Crippen LogP contribution in [-0.4, -0.2) is 26.2 Å².